The molecule has 1 aliphatic rings. The summed E-state index contributed by atoms with van der Waals surface area (Å²) in [5, 5.41) is 19.1. The fourth-order valence-corrected chi connectivity index (χ4v) is 1.84. The van der Waals surface area contributed by atoms with Crippen molar-refractivity contribution in [1.82, 2.24) is 0 Å². The first-order chi connectivity index (χ1) is 6.07. The Kier molecular flexibility index (Phi) is 3.41. The molecular formula is C9H16O4. The Bertz CT molecular complexity index is 192. The average molecular weight is 188 g/mol. The molecule has 4 nitrogen and oxygen atoms in total. The van der Waals surface area contributed by atoms with Crippen LogP contribution in [0.5, 0.6) is 0 Å². The second kappa shape index (κ2) is 4.17. The molecule has 1 aliphatic carbocycles. The van der Waals surface area contributed by atoms with Crippen LogP contribution < -0.4 is 0 Å². The molecule has 1 saturated carbocycles. The second-order valence-electron chi connectivity index (χ2n) is 3.55. The second-order valence-corrected chi connectivity index (χ2v) is 3.55. The molecule has 0 aromatic heterocycles. The Labute approximate surface area is 77.5 Å². The molecule has 0 bridgehead atoms. The van der Waals surface area contributed by atoms with Crippen molar-refractivity contribution < 1.29 is 19.7 Å². The van der Waals surface area contributed by atoms with Gasteiger partial charge in [0.25, 0.3) is 0 Å². The summed E-state index contributed by atoms with van der Waals surface area (Å²) in [4.78, 5) is 11.0. The molecule has 2 N–H and O–H groups in total. The van der Waals surface area contributed by atoms with Crippen LogP contribution in [0.2, 0.25) is 0 Å². The van der Waals surface area contributed by atoms with Gasteiger partial charge in [-0.1, -0.05) is 0 Å². The third-order valence-corrected chi connectivity index (χ3v) is 2.73. The minimum absolute atomic E-state index is 0.0684. The van der Waals surface area contributed by atoms with E-state index in [1.165, 1.54) is 14.0 Å². The van der Waals surface area contributed by atoms with Crippen molar-refractivity contribution in [2.24, 2.45) is 5.92 Å². The number of methoxy groups -OCH3 is 1. The molecule has 0 aromatic rings. The maximum Gasteiger partial charge on any atom is 0.135 e. The molecule has 0 radical (unpaired) electrons. The molecule has 1 fully saturated rings. The van der Waals surface area contributed by atoms with Crippen molar-refractivity contribution in [3.8, 4) is 0 Å². The largest absolute Gasteiger partial charge is 0.390 e. The van der Waals surface area contributed by atoms with Gasteiger partial charge >= 0.3 is 0 Å². The molecule has 4 heteroatoms. The maximum absolute atomic E-state index is 11.0. The highest BCUT2D eigenvalue weighted by molar-refractivity contribution is 5.79. The van der Waals surface area contributed by atoms with Gasteiger partial charge in [-0.05, 0) is 19.8 Å². The van der Waals surface area contributed by atoms with Crippen molar-refractivity contribution in [1.29, 1.82) is 0 Å². The number of ether oxygens (including phenoxy) is 1. The molecule has 76 valence electrons. The molecule has 0 heterocycles. The highest BCUT2D eigenvalue weighted by Gasteiger charge is 2.39. The van der Waals surface area contributed by atoms with Gasteiger partial charge in [0, 0.05) is 13.0 Å². The average Bonchev–Trinajstić information content (AvgIpc) is 2.09. The molecule has 4 atom stereocenters. The van der Waals surface area contributed by atoms with Crippen LogP contribution in [0.4, 0.5) is 0 Å². The van der Waals surface area contributed by atoms with Gasteiger partial charge in [-0.2, -0.15) is 0 Å². The zero-order valence-corrected chi connectivity index (χ0v) is 7.93. The normalized spacial score (nSPS) is 40.3. The number of ketones is 1. The fourth-order valence-electron chi connectivity index (χ4n) is 1.84. The summed E-state index contributed by atoms with van der Waals surface area (Å²) in [6, 6.07) is 0. The van der Waals surface area contributed by atoms with E-state index in [-0.39, 0.29) is 11.9 Å². The van der Waals surface area contributed by atoms with Crippen LogP contribution in [0.3, 0.4) is 0 Å². The van der Waals surface area contributed by atoms with Gasteiger partial charge in [-0.3, -0.25) is 4.79 Å². The number of hydrogen-bond donors (Lipinski definition) is 2. The summed E-state index contributed by atoms with van der Waals surface area (Å²) in [6.45, 7) is 1.44. The van der Waals surface area contributed by atoms with E-state index in [2.05, 4.69) is 0 Å². The van der Waals surface area contributed by atoms with Crippen LogP contribution >= 0.6 is 0 Å². The van der Waals surface area contributed by atoms with Crippen LogP contribution in [0, 0.1) is 5.92 Å². The molecule has 0 amide bonds. The lowest BCUT2D eigenvalue weighted by atomic mass is 9.80. The van der Waals surface area contributed by atoms with Gasteiger partial charge in [-0.15, -0.1) is 0 Å². The van der Waals surface area contributed by atoms with Gasteiger partial charge in [0.2, 0.25) is 0 Å². The summed E-state index contributed by atoms with van der Waals surface area (Å²) in [6.07, 6.45) is -1.04. The molecule has 13 heavy (non-hydrogen) atoms. The van der Waals surface area contributed by atoms with Crippen molar-refractivity contribution in [3.05, 3.63) is 0 Å². The topological polar surface area (TPSA) is 66.8 Å². The monoisotopic (exact) mass is 188 g/mol. The zero-order chi connectivity index (χ0) is 10.0. The van der Waals surface area contributed by atoms with E-state index in [1.54, 1.807) is 0 Å². The molecular weight excluding hydrogens is 172 g/mol. The summed E-state index contributed by atoms with van der Waals surface area (Å²) in [5.74, 6) is -0.498. The predicted molar refractivity (Wildman–Crippen MR) is 46.2 cm³/mol. The lowest BCUT2D eigenvalue weighted by Gasteiger charge is -2.35. The fraction of sp³-hybridized carbons (Fsp3) is 0.889. The number of aliphatic hydroxyl groups is 2. The van der Waals surface area contributed by atoms with E-state index in [4.69, 9.17) is 4.74 Å². The first-order valence-electron chi connectivity index (χ1n) is 4.47. The molecule has 0 unspecified atom stereocenters. The Balaban J connectivity index is 2.64. The highest BCUT2D eigenvalue weighted by atomic mass is 16.5. The number of Topliss-reactive ketones (excluding diaryl/α,β-unsaturated/α-hetero) is 1. The SMILES string of the molecule is CO[C@@H]1CC[C@H](C(C)=O)[C@@H](O)[C@@H]1O. The van der Waals surface area contributed by atoms with E-state index in [0.717, 1.165) is 0 Å². The third kappa shape index (κ3) is 2.07. The van der Waals surface area contributed by atoms with Gasteiger partial charge < -0.3 is 14.9 Å². The van der Waals surface area contributed by atoms with Crippen LogP contribution in [-0.4, -0.2) is 41.4 Å². The van der Waals surface area contributed by atoms with Crippen LogP contribution in [0.1, 0.15) is 19.8 Å². The Morgan fingerprint density at radius 3 is 2.38 bits per heavy atom. The summed E-state index contributed by atoms with van der Waals surface area (Å²) in [7, 11) is 1.49. The van der Waals surface area contributed by atoms with E-state index in [1.807, 2.05) is 0 Å². The summed E-state index contributed by atoms with van der Waals surface area (Å²) in [5.41, 5.74) is 0. The maximum atomic E-state index is 11.0. The highest BCUT2D eigenvalue weighted by Crippen LogP contribution is 2.27. The van der Waals surface area contributed by atoms with Crippen molar-refractivity contribution in [2.75, 3.05) is 7.11 Å². The predicted octanol–water partition coefficient (Wildman–Crippen LogP) is -0.278. The number of carbonyl (C=O) groups is 1. The van der Waals surface area contributed by atoms with Crippen LogP contribution in [0.15, 0.2) is 0 Å². The number of carbonyl (C=O) groups excluding carboxylic acids is 1. The van der Waals surface area contributed by atoms with E-state index in [9.17, 15) is 15.0 Å². The van der Waals surface area contributed by atoms with Crippen LogP contribution in [-0.2, 0) is 9.53 Å². The van der Waals surface area contributed by atoms with Gasteiger partial charge in [0.05, 0.1) is 12.2 Å². The number of rotatable bonds is 2. The Morgan fingerprint density at radius 2 is 1.92 bits per heavy atom. The van der Waals surface area contributed by atoms with Crippen LogP contribution in [0.25, 0.3) is 0 Å². The molecule has 0 aliphatic heterocycles. The van der Waals surface area contributed by atoms with Crippen molar-refractivity contribution in [2.45, 2.75) is 38.1 Å². The van der Waals surface area contributed by atoms with Crippen molar-refractivity contribution in [3.63, 3.8) is 0 Å². The number of hydrogen-bond acceptors (Lipinski definition) is 4. The zero-order valence-electron chi connectivity index (χ0n) is 7.93. The van der Waals surface area contributed by atoms with E-state index < -0.39 is 18.1 Å². The standard InChI is InChI=1S/C9H16O4/c1-5(10)6-3-4-7(13-2)9(12)8(6)11/h6-9,11-12H,3-4H2,1-2H3/t6-,7-,8-,9-/m1/s1. The first-order valence-corrected chi connectivity index (χ1v) is 4.47. The first kappa shape index (κ1) is 10.6. The Hall–Kier alpha value is -0.450. The smallest absolute Gasteiger partial charge is 0.135 e. The van der Waals surface area contributed by atoms with Gasteiger partial charge in [0.1, 0.15) is 11.9 Å². The van der Waals surface area contributed by atoms with Gasteiger partial charge in [-0.25, -0.2) is 0 Å². The lowest BCUT2D eigenvalue weighted by molar-refractivity contribution is -0.145. The van der Waals surface area contributed by atoms with Gasteiger partial charge in [0.15, 0.2) is 0 Å². The Morgan fingerprint density at radius 1 is 1.31 bits per heavy atom. The third-order valence-electron chi connectivity index (χ3n) is 2.73. The molecule has 0 aromatic carbocycles. The summed E-state index contributed by atoms with van der Waals surface area (Å²) < 4.78 is 4.98. The number of aliphatic hydroxyl groups excluding tert-OH is 2. The van der Waals surface area contributed by atoms with E-state index >= 15 is 0 Å². The quantitative estimate of drug-likeness (QED) is 0.625. The minimum Gasteiger partial charge on any atom is -0.390 e. The molecule has 1 rings (SSSR count). The lowest BCUT2D eigenvalue weighted by Crippen LogP contribution is -2.49. The van der Waals surface area contributed by atoms with E-state index in [0.29, 0.717) is 12.8 Å². The molecule has 0 spiro atoms. The van der Waals surface area contributed by atoms with Crippen molar-refractivity contribution >= 4 is 5.78 Å². The minimum atomic E-state index is -0.976. The molecule has 0 saturated heterocycles. The summed E-state index contributed by atoms with van der Waals surface area (Å²) >= 11 is 0.